The Bertz CT molecular complexity index is 395. The molecular formula is C16H26N2O. The second-order valence-electron chi connectivity index (χ2n) is 5.96. The van der Waals surface area contributed by atoms with Gasteiger partial charge in [-0.1, -0.05) is 32.0 Å². The number of benzene rings is 1. The average Bonchev–Trinajstić information content (AvgIpc) is 2.67. The topological polar surface area (TPSA) is 24.5 Å². The largest absolute Gasteiger partial charge is 0.496 e. The van der Waals surface area contributed by atoms with Crippen LogP contribution in [0.5, 0.6) is 5.75 Å². The van der Waals surface area contributed by atoms with Crippen molar-refractivity contribution in [1.82, 2.24) is 10.2 Å². The van der Waals surface area contributed by atoms with Crippen LogP contribution in [0.25, 0.3) is 0 Å². The van der Waals surface area contributed by atoms with Gasteiger partial charge in [-0.15, -0.1) is 0 Å². The first-order chi connectivity index (χ1) is 9.13. The number of nitrogens with one attached hydrogen (secondary N) is 1. The Hall–Kier alpha value is -1.06. The van der Waals surface area contributed by atoms with Gasteiger partial charge in [0, 0.05) is 30.6 Å². The summed E-state index contributed by atoms with van der Waals surface area (Å²) in [5.74, 6) is 1.00. The fourth-order valence-electron chi connectivity index (χ4n) is 2.91. The van der Waals surface area contributed by atoms with Crippen LogP contribution < -0.4 is 10.1 Å². The Labute approximate surface area is 116 Å². The number of nitrogens with zero attached hydrogens (tertiary/aromatic N) is 1. The van der Waals surface area contributed by atoms with Gasteiger partial charge in [-0.25, -0.2) is 0 Å². The Balaban J connectivity index is 2.11. The number of rotatable bonds is 4. The molecule has 0 saturated carbocycles. The maximum absolute atomic E-state index is 5.51. The second-order valence-corrected chi connectivity index (χ2v) is 5.96. The minimum Gasteiger partial charge on any atom is -0.496 e. The first-order valence-corrected chi connectivity index (χ1v) is 7.20. The number of hydrogen-bond donors (Lipinski definition) is 1. The molecule has 19 heavy (non-hydrogen) atoms. The molecule has 0 atom stereocenters. The third-order valence-corrected chi connectivity index (χ3v) is 3.89. The Morgan fingerprint density at radius 2 is 2.00 bits per heavy atom. The molecule has 3 nitrogen and oxygen atoms in total. The Kier molecular flexibility index (Phi) is 4.83. The zero-order valence-electron chi connectivity index (χ0n) is 12.4. The van der Waals surface area contributed by atoms with E-state index in [1.807, 2.05) is 6.07 Å². The van der Waals surface area contributed by atoms with Crippen molar-refractivity contribution in [1.29, 1.82) is 0 Å². The summed E-state index contributed by atoms with van der Waals surface area (Å²) in [6, 6.07) is 8.38. The van der Waals surface area contributed by atoms with E-state index in [1.54, 1.807) is 7.11 Å². The second kappa shape index (κ2) is 6.40. The van der Waals surface area contributed by atoms with E-state index >= 15 is 0 Å². The first kappa shape index (κ1) is 14.4. The van der Waals surface area contributed by atoms with Crippen molar-refractivity contribution < 1.29 is 4.74 Å². The van der Waals surface area contributed by atoms with Gasteiger partial charge >= 0.3 is 0 Å². The minimum atomic E-state index is 0.108. The van der Waals surface area contributed by atoms with E-state index in [0.29, 0.717) is 0 Å². The van der Waals surface area contributed by atoms with Crippen molar-refractivity contribution in [2.45, 2.75) is 25.7 Å². The molecule has 2 rings (SSSR count). The standard InChI is InChI=1S/C16H26N2O/c1-16(2,13-18-11-6-9-17-10-12-18)14-7-4-5-8-15(14)19-3/h4-5,7-8,17H,6,9-13H2,1-3H3. The van der Waals surface area contributed by atoms with Crippen LogP contribution in [-0.4, -0.2) is 44.7 Å². The summed E-state index contributed by atoms with van der Waals surface area (Å²) in [5.41, 5.74) is 1.41. The summed E-state index contributed by atoms with van der Waals surface area (Å²) in [5, 5.41) is 3.46. The Morgan fingerprint density at radius 1 is 1.21 bits per heavy atom. The fourth-order valence-corrected chi connectivity index (χ4v) is 2.91. The zero-order chi connectivity index (χ0) is 13.7. The van der Waals surface area contributed by atoms with E-state index in [4.69, 9.17) is 4.74 Å². The third-order valence-electron chi connectivity index (χ3n) is 3.89. The van der Waals surface area contributed by atoms with E-state index < -0.39 is 0 Å². The molecule has 106 valence electrons. The molecule has 1 aromatic rings. The maximum atomic E-state index is 5.51. The lowest BCUT2D eigenvalue weighted by Gasteiger charge is -2.33. The van der Waals surface area contributed by atoms with Gasteiger partial charge in [0.2, 0.25) is 0 Å². The molecule has 0 amide bonds. The van der Waals surface area contributed by atoms with Crippen molar-refractivity contribution in [2.75, 3.05) is 39.8 Å². The van der Waals surface area contributed by atoms with Gasteiger partial charge in [0.15, 0.2) is 0 Å². The number of ether oxygens (including phenoxy) is 1. The van der Waals surface area contributed by atoms with Gasteiger partial charge in [-0.2, -0.15) is 0 Å². The van der Waals surface area contributed by atoms with Crippen LogP contribution in [-0.2, 0) is 5.41 Å². The molecule has 1 N–H and O–H groups in total. The van der Waals surface area contributed by atoms with Gasteiger partial charge in [-0.3, -0.25) is 0 Å². The van der Waals surface area contributed by atoms with E-state index in [-0.39, 0.29) is 5.41 Å². The highest BCUT2D eigenvalue weighted by molar-refractivity contribution is 5.39. The highest BCUT2D eigenvalue weighted by Gasteiger charge is 2.27. The van der Waals surface area contributed by atoms with Gasteiger partial charge < -0.3 is 15.0 Å². The molecule has 0 bridgehead atoms. The van der Waals surface area contributed by atoms with Gasteiger partial charge in [0.25, 0.3) is 0 Å². The smallest absolute Gasteiger partial charge is 0.122 e. The zero-order valence-corrected chi connectivity index (χ0v) is 12.4. The van der Waals surface area contributed by atoms with Crippen LogP contribution in [0.4, 0.5) is 0 Å². The van der Waals surface area contributed by atoms with Gasteiger partial charge in [0.05, 0.1) is 7.11 Å². The maximum Gasteiger partial charge on any atom is 0.122 e. The van der Waals surface area contributed by atoms with Crippen molar-refractivity contribution >= 4 is 0 Å². The van der Waals surface area contributed by atoms with Crippen LogP contribution in [0.3, 0.4) is 0 Å². The molecule has 1 aliphatic rings. The minimum absolute atomic E-state index is 0.108. The molecule has 1 fully saturated rings. The molecule has 0 aromatic heterocycles. The summed E-state index contributed by atoms with van der Waals surface area (Å²) < 4.78 is 5.51. The van der Waals surface area contributed by atoms with Crippen LogP contribution >= 0.6 is 0 Å². The molecule has 3 heteroatoms. The van der Waals surface area contributed by atoms with Crippen LogP contribution in [0.2, 0.25) is 0 Å². The molecule has 0 unspecified atom stereocenters. The molecule has 0 spiro atoms. The Morgan fingerprint density at radius 3 is 2.79 bits per heavy atom. The average molecular weight is 262 g/mol. The molecule has 1 heterocycles. The van der Waals surface area contributed by atoms with Crippen LogP contribution in [0.1, 0.15) is 25.8 Å². The van der Waals surface area contributed by atoms with E-state index in [0.717, 1.165) is 31.9 Å². The van der Waals surface area contributed by atoms with Crippen molar-refractivity contribution in [3.8, 4) is 5.75 Å². The summed E-state index contributed by atoms with van der Waals surface area (Å²) in [7, 11) is 1.75. The summed E-state index contributed by atoms with van der Waals surface area (Å²) in [6.07, 6.45) is 1.24. The van der Waals surface area contributed by atoms with Crippen molar-refractivity contribution in [3.05, 3.63) is 29.8 Å². The normalized spacial score (nSPS) is 18.1. The van der Waals surface area contributed by atoms with Gasteiger partial charge in [0.1, 0.15) is 5.75 Å². The molecule has 1 aromatic carbocycles. The summed E-state index contributed by atoms with van der Waals surface area (Å²) >= 11 is 0. The molecule has 0 aliphatic carbocycles. The van der Waals surface area contributed by atoms with E-state index in [2.05, 4.69) is 42.3 Å². The van der Waals surface area contributed by atoms with Crippen LogP contribution in [0, 0.1) is 0 Å². The molecular weight excluding hydrogens is 236 g/mol. The quantitative estimate of drug-likeness (QED) is 0.901. The molecule has 1 saturated heterocycles. The lowest BCUT2D eigenvalue weighted by Crippen LogP contribution is -2.39. The lowest BCUT2D eigenvalue weighted by atomic mass is 9.83. The fraction of sp³-hybridized carbons (Fsp3) is 0.625. The van der Waals surface area contributed by atoms with Crippen LogP contribution in [0.15, 0.2) is 24.3 Å². The highest BCUT2D eigenvalue weighted by Crippen LogP contribution is 2.32. The summed E-state index contributed by atoms with van der Waals surface area (Å²) in [6.45, 7) is 10.3. The molecule has 1 aliphatic heterocycles. The SMILES string of the molecule is COc1ccccc1C(C)(C)CN1CCCNCC1. The number of hydrogen-bond acceptors (Lipinski definition) is 3. The first-order valence-electron chi connectivity index (χ1n) is 7.20. The monoisotopic (exact) mass is 262 g/mol. The summed E-state index contributed by atoms with van der Waals surface area (Å²) in [4.78, 5) is 2.56. The number of para-hydroxylation sites is 1. The predicted molar refractivity (Wildman–Crippen MR) is 79.9 cm³/mol. The third kappa shape index (κ3) is 3.71. The van der Waals surface area contributed by atoms with Gasteiger partial charge in [-0.05, 0) is 25.6 Å². The highest BCUT2D eigenvalue weighted by atomic mass is 16.5. The van der Waals surface area contributed by atoms with E-state index in [9.17, 15) is 0 Å². The number of methoxy groups -OCH3 is 1. The van der Waals surface area contributed by atoms with Crippen molar-refractivity contribution in [3.63, 3.8) is 0 Å². The van der Waals surface area contributed by atoms with E-state index in [1.165, 1.54) is 18.5 Å². The molecule has 0 radical (unpaired) electrons. The lowest BCUT2D eigenvalue weighted by molar-refractivity contribution is 0.233. The van der Waals surface area contributed by atoms with Crippen molar-refractivity contribution in [2.24, 2.45) is 0 Å². The predicted octanol–water partition coefficient (Wildman–Crippen LogP) is 2.27.